The van der Waals surface area contributed by atoms with Gasteiger partial charge in [0.1, 0.15) is 6.04 Å². The number of aromatic nitrogens is 2. The van der Waals surface area contributed by atoms with E-state index in [1.54, 1.807) is 6.20 Å². The van der Waals surface area contributed by atoms with Crippen LogP contribution >= 0.6 is 11.8 Å². The fraction of sp³-hybridized carbons (Fsp3) is 0.462. The Bertz CT molecular complexity index is 1170. The largest absolute Gasteiger partial charge is 0.805 e. The summed E-state index contributed by atoms with van der Waals surface area (Å²) in [4.78, 5) is 43.2. The highest BCUT2D eigenvalue weighted by atomic mass is 32.2. The number of carbonyl (C=O) groups excluding carboxylic acids is 2. The molecule has 3 N–H and O–H groups in total. The van der Waals surface area contributed by atoms with Crippen LogP contribution < -0.4 is 16.2 Å². The number of ketones is 1. The Balaban J connectivity index is 1.69. The fourth-order valence-electron chi connectivity index (χ4n) is 3.61. The number of nitrogens with one attached hydrogen (secondary N) is 3. The van der Waals surface area contributed by atoms with Gasteiger partial charge in [0.15, 0.2) is 11.6 Å². The number of amides is 1. The minimum absolute atomic E-state index is 0.00399. The molecule has 1 amide bonds. The number of rotatable bonds is 14. The van der Waals surface area contributed by atoms with Gasteiger partial charge in [-0.2, -0.15) is 0 Å². The Morgan fingerprint density at radius 2 is 1.92 bits per heavy atom. The summed E-state index contributed by atoms with van der Waals surface area (Å²) in [5, 5.41) is 22.9. The zero-order valence-electron chi connectivity index (χ0n) is 20.9. The van der Waals surface area contributed by atoms with Gasteiger partial charge >= 0.3 is 0 Å². The molecule has 192 valence electrons. The second kappa shape index (κ2) is 12.6. The monoisotopic (exact) mass is 509 g/mol. The van der Waals surface area contributed by atoms with Gasteiger partial charge in [-0.15, -0.1) is 17.5 Å². The Morgan fingerprint density at radius 1 is 1.22 bits per heavy atom. The fourth-order valence-corrected chi connectivity index (χ4v) is 4.47. The molecule has 10 heteroatoms. The summed E-state index contributed by atoms with van der Waals surface area (Å²) < 4.78 is 1.40. The van der Waals surface area contributed by atoms with Crippen LogP contribution in [0.4, 0.5) is 5.82 Å². The molecule has 36 heavy (non-hydrogen) atoms. The smallest absolute Gasteiger partial charge is 0.294 e. The standard InChI is InChI=1S/C26H33N6O3S/c1-16(2)22-13-32(26(35)24(31-22)29-12-21(28)17(3)27)23(19-9-10-19)25(34)30-11-20(33)15-36-14-18-7-5-4-6-8-18/h4-8,13,16,19,23,27H,9-12,14-15H2,1-3H3,(H,29,31)(H,30,34)/q-1. The van der Waals surface area contributed by atoms with Crippen molar-refractivity contribution >= 4 is 40.7 Å². The maximum atomic E-state index is 13.3. The number of hydrogen-bond acceptors (Lipinski definition) is 7. The van der Waals surface area contributed by atoms with Gasteiger partial charge in [-0.25, -0.2) is 4.98 Å². The molecule has 0 bridgehead atoms. The molecule has 3 rings (SSSR count). The van der Waals surface area contributed by atoms with E-state index in [2.05, 4.69) is 15.6 Å². The number of nitrogens with zero attached hydrogens (tertiary/aromatic N) is 3. The topological polar surface area (TPSA) is 139 Å². The maximum Gasteiger partial charge on any atom is 0.294 e. The summed E-state index contributed by atoms with van der Waals surface area (Å²) in [6, 6.07) is 9.13. The van der Waals surface area contributed by atoms with Crippen LogP contribution in [0.2, 0.25) is 0 Å². The summed E-state index contributed by atoms with van der Waals surface area (Å²) in [5.41, 5.74) is 1.07. The van der Waals surface area contributed by atoms with Crippen molar-refractivity contribution in [3.8, 4) is 0 Å². The van der Waals surface area contributed by atoms with E-state index in [1.807, 2.05) is 44.2 Å². The van der Waals surface area contributed by atoms with E-state index in [1.165, 1.54) is 23.3 Å². The number of Topliss-reactive ketones (excluding diaryl/α,β-unsaturated/α-hetero) is 1. The summed E-state index contributed by atoms with van der Waals surface area (Å²) in [6.45, 7) is 5.11. The van der Waals surface area contributed by atoms with Gasteiger partial charge in [0, 0.05) is 24.2 Å². The number of anilines is 1. The Kier molecular flexibility index (Phi) is 9.58. The molecule has 1 fully saturated rings. The zero-order valence-corrected chi connectivity index (χ0v) is 21.7. The first-order chi connectivity index (χ1) is 17.2. The van der Waals surface area contributed by atoms with Crippen LogP contribution in [0.15, 0.2) is 41.3 Å². The van der Waals surface area contributed by atoms with Gasteiger partial charge in [-0.05, 0) is 37.2 Å². The molecule has 2 aromatic rings. The molecule has 1 aromatic heterocycles. The summed E-state index contributed by atoms with van der Waals surface area (Å²) in [5.74, 6) is 0.569. The van der Waals surface area contributed by atoms with Crippen LogP contribution in [0.1, 0.15) is 56.8 Å². The normalized spacial score (nSPS) is 13.8. The van der Waals surface area contributed by atoms with Gasteiger partial charge < -0.3 is 21.5 Å². The lowest BCUT2D eigenvalue weighted by Gasteiger charge is -2.22. The number of benzene rings is 1. The van der Waals surface area contributed by atoms with Crippen molar-refractivity contribution in [1.29, 1.82) is 5.41 Å². The van der Waals surface area contributed by atoms with E-state index in [-0.39, 0.29) is 59.6 Å². The van der Waals surface area contributed by atoms with Gasteiger partial charge in [0.25, 0.3) is 5.56 Å². The predicted molar refractivity (Wildman–Crippen MR) is 145 cm³/mol. The van der Waals surface area contributed by atoms with E-state index in [9.17, 15) is 19.8 Å². The molecule has 9 nitrogen and oxygen atoms in total. The van der Waals surface area contributed by atoms with Crippen molar-refractivity contribution in [3.63, 3.8) is 0 Å². The molecular weight excluding hydrogens is 476 g/mol. The van der Waals surface area contributed by atoms with Crippen molar-refractivity contribution in [2.75, 3.05) is 24.2 Å². The van der Waals surface area contributed by atoms with Crippen molar-refractivity contribution in [3.05, 3.63) is 63.5 Å². The molecule has 1 atom stereocenters. The molecule has 1 heterocycles. The minimum atomic E-state index is -0.745. The van der Waals surface area contributed by atoms with Crippen LogP contribution in [-0.2, 0) is 15.3 Å². The van der Waals surface area contributed by atoms with Crippen LogP contribution in [0.3, 0.4) is 0 Å². The molecule has 0 saturated heterocycles. The maximum absolute atomic E-state index is 13.3. The number of carbonyl (C=O) groups is 2. The first-order valence-electron chi connectivity index (χ1n) is 12.1. The third-order valence-electron chi connectivity index (χ3n) is 5.87. The van der Waals surface area contributed by atoms with Crippen LogP contribution in [0.25, 0.3) is 5.41 Å². The zero-order chi connectivity index (χ0) is 26.2. The van der Waals surface area contributed by atoms with Crippen molar-refractivity contribution in [1.82, 2.24) is 14.9 Å². The molecule has 0 radical (unpaired) electrons. The third kappa shape index (κ3) is 7.61. The van der Waals surface area contributed by atoms with E-state index < -0.39 is 11.6 Å². The highest BCUT2D eigenvalue weighted by molar-refractivity contribution is 7.99. The lowest BCUT2D eigenvalue weighted by molar-refractivity contribution is -0.127. The summed E-state index contributed by atoms with van der Waals surface area (Å²) >= 11 is 1.50. The first kappa shape index (κ1) is 27.3. The molecule has 0 spiro atoms. The molecular formula is C26H33N6O3S-. The second-order valence-corrected chi connectivity index (χ2v) is 10.3. The third-order valence-corrected chi connectivity index (χ3v) is 6.93. The van der Waals surface area contributed by atoms with Crippen molar-refractivity contribution in [2.24, 2.45) is 5.92 Å². The first-order valence-corrected chi connectivity index (χ1v) is 13.2. The minimum Gasteiger partial charge on any atom is -0.805 e. The molecule has 1 saturated carbocycles. The van der Waals surface area contributed by atoms with Crippen molar-refractivity contribution in [2.45, 2.75) is 51.3 Å². The second-order valence-electron chi connectivity index (χ2n) is 9.32. The lowest BCUT2D eigenvalue weighted by Crippen LogP contribution is -2.41. The van der Waals surface area contributed by atoms with Gasteiger partial charge in [0.2, 0.25) is 5.91 Å². The summed E-state index contributed by atoms with van der Waals surface area (Å²) in [7, 11) is 0. The van der Waals surface area contributed by atoms with E-state index >= 15 is 0 Å². The van der Waals surface area contributed by atoms with E-state index in [4.69, 9.17) is 5.41 Å². The lowest BCUT2D eigenvalue weighted by atomic mass is 10.1. The molecule has 1 aromatic carbocycles. The summed E-state index contributed by atoms with van der Waals surface area (Å²) in [6.07, 6.45) is 3.24. The molecule has 1 aliphatic rings. The van der Waals surface area contributed by atoms with E-state index in [0.717, 1.165) is 24.2 Å². The van der Waals surface area contributed by atoms with Crippen LogP contribution in [0.5, 0.6) is 0 Å². The van der Waals surface area contributed by atoms with E-state index in [0.29, 0.717) is 5.69 Å². The van der Waals surface area contributed by atoms with Crippen molar-refractivity contribution < 1.29 is 9.59 Å². The van der Waals surface area contributed by atoms with Gasteiger partial charge in [-0.3, -0.25) is 19.0 Å². The number of thioether (sulfide) groups is 1. The van der Waals surface area contributed by atoms with Gasteiger partial charge in [-0.1, -0.05) is 44.2 Å². The molecule has 1 unspecified atom stereocenters. The highest BCUT2D eigenvalue weighted by Crippen LogP contribution is 2.39. The predicted octanol–water partition coefficient (Wildman–Crippen LogP) is 3.40. The quantitative estimate of drug-likeness (QED) is 0.334. The SMILES string of the molecule is CC(=N)C(=[N-])CNc1nc(C(C)C)cn(C(C(=O)NCC(=O)CSCc2ccccc2)C2CC2)c1=O. The molecule has 1 aliphatic carbocycles. The van der Waals surface area contributed by atoms with Gasteiger partial charge in [0.05, 0.1) is 18.0 Å². The number of hydrogen-bond donors (Lipinski definition) is 3. The molecule has 0 aliphatic heterocycles. The highest BCUT2D eigenvalue weighted by Gasteiger charge is 2.38. The average molecular weight is 510 g/mol. The Hall–Kier alpha value is -3.27. The Morgan fingerprint density at radius 3 is 2.53 bits per heavy atom. The van der Waals surface area contributed by atoms with Crippen LogP contribution in [-0.4, -0.2) is 51.5 Å². The van der Waals surface area contributed by atoms with Crippen LogP contribution in [0, 0.1) is 11.3 Å². The Labute approximate surface area is 215 Å². The average Bonchev–Trinajstić information content (AvgIpc) is 3.68.